The number of amides is 1. The van der Waals surface area contributed by atoms with Crippen LogP contribution in [0.25, 0.3) is 0 Å². The predicted octanol–water partition coefficient (Wildman–Crippen LogP) is 1.83. The van der Waals surface area contributed by atoms with Gasteiger partial charge in [0, 0.05) is 32.2 Å². The molecule has 0 radical (unpaired) electrons. The van der Waals surface area contributed by atoms with Crippen molar-refractivity contribution in [2.75, 3.05) is 19.8 Å². The van der Waals surface area contributed by atoms with Crippen molar-refractivity contribution in [1.29, 1.82) is 0 Å². The number of carbonyl (C=O) groups is 1. The standard InChI is InChI=1S/C14H28N2O2/c1-2-18-10-6-9-14(17)16-13(11-15)12-7-4-3-5-8-12/h12-13H,2-11,15H2,1H3,(H,16,17). The summed E-state index contributed by atoms with van der Waals surface area (Å²) in [5, 5.41) is 3.09. The lowest BCUT2D eigenvalue weighted by Crippen LogP contribution is -2.45. The van der Waals surface area contributed by atoms with Gasteiger partial charge in [-0.05, 0) is 32.1 Å². The monoisotopic (exact) mass is 256 g/mol. The second kappa shape index (κ2) is 9.34. The van der Waals surface area contributed by atoms with Crippen molar-refractivity contribution in [3.63, 3.8) is 0 Å². The first-order valence-electron chi connectivity index (χ1n) is 7.35. The number of hydrogen-bond acceptors (Lipinski definition) is 3. The van der Waals surface area contributed by atoms with E-state index in [-0.39, 0.29) is 11.9 Å². The first-order valence-corrected chi connectivity index (χ1v) is 7.35. The molecule has 0 aromatic rings. The molecule has 0 saturated heterocycles. The summed E-state index contributed by atoms with van der Waals surface area (Å²) in [7, 11) is 0. The molecule has 0 aromatic heterocycles. The van der Waals surface area contributed by atoms with E-state index in [4.69, 9.17) is 10.5 Å². The minimum Gasteiger partial charge on any atom is -0.382 e. The van der Waals surface area contributed by atoms with Crippen molar-refractivity contribution in [3.8, 4) is 0 Å². The quantitative estimate of drug-likeness (QED) is 0.651. The van der Waals surface area contributed by atoms with Crippen LogP contribution in [0.4, 0.5) is 0 Å². The molecule has 0 bridgehead atoms. The number of ether oxygens (including phenoxy) is 1. The minimum absolute atomic E-state index is 0.121. The molecule has 1 aliphatic rings. The fraction of sp³-hybridized carbons (Fsp3) is 0.929. The summed E-state index contributed by atoms with van der Waals surface area (Å²) in [6.45, 7) is 3.91. The molecule has 1 saturated carbocycles. The Labute approximate surface area is 111 Å². The third-order valence-electron chi connectivity index (χ3n) is 3.72. The van der Waals surface area contributed by atoms with Crippen LogP contribution >= 0.6 is 0 Å². The highest BCUT2D eigenvalue weighted by atomic mass is 16.5. The maximum absolute atomic E-state index is 11.8. The van der Waals surface area contributed by atoms with Crippen LogP contribution in [0.1, 0.15) is 51.9 Å². The van der Waals surface area contributed by atoms with E-state index in [1.807, 2.05) is 6.92 Å². The summed E-state index contributed by atoms with van der Waals surface area (Å²) < 4.78 is 5.23. The summed E-state index contributed by atoms with van der Waals surface area (Å²) in [6, 6.07) is 0.171. The Hall–Kier alpha value is -0.610. The van der Waals surface area contributed by atoms with Crippen molar-refractivity contribution in [3.05, 3.63) is 0 Å². The Bertz CT molecular complexity index is 228. The lowest BCUT2D eigenvalue weighted by Gasteiger charge is -2.30. The molecule has 0 aliphatic heterocycles. The fourth-order valence-corrected chi connectivity index (χ4v) is 2.66. The molecule has 106 valence electrons. The largest absolute Gasteiger partial charge is 0.382 e. The lowest BCUT2D eigenvalue weighted by atomic mass is 9.84. The van der Waals surface area contributed by atoms with Crippen LogP contribution in [0.15, 0.2) is 0 Å². The van der Waals surface area contributed by atoms with Gasteiger partial charge in [-0.1, -0.05) is 19.3 Å². The molecule has 1 atom stereocenters. The van der Waals surface area contributed by atoms with E-state index in [1.54, 1.807) is 0 Å². The average molecular weight is 256 g/mol. The van der Waals surface area contributed by atoms with E-state index in [0.29, 0.717) is 25.5 Å². The molecule has 4 heteroatoms. The molecular weight excluding hydrogens is 228 g/mol. The van der Waals surface area contributed by atoms with E-state index >= 15 is 0 Å². The van der Waals surface area contributed by atoms with Crippen molar-refractivity contribution in [2.24, 2.45) is 11.7 Å². The molecule has 0 spiro atoms. The maximum atomic E-state index is 11.8. The van der Waals surface area contributed by atoms with Crippen LogP contribution in [0.3, 0.4) is 0 Å². The topological polar surface area (TPSA) is 64.3 Å². The van der Waals surface area contributed by atoms with Gasteiger partial charge in [-0.3, -0.25) is 4.79 Å². The molecule has 1 aliphatic carbocycles. The Morgan fingerprint density at radius 3 is 2.72 bits per heavy atom. The number of nitrogens with one attached hydrogen (secondary N) is 1. The van der Waals surface area contributed by atoms with Crippen LogP contribution < -0.4 is 11.1 Å². The highest BCUT2D eigenvalue weighted by molar-refractivity contribution is 5.76. The molecule has 1 amide bonds. The van der Waals surface area contributed by atoms with Gasteiger partial charge in [-0.15, -0.1) is 0 Å². The fourth-order valence-electron chi connectivity index (χ4n) is 2.66. The van der Waals surface area contributed by atoms with Crippen molar-refractivity contribution < 1.29 is 9.53 Å². The molecule has 1 fully saturated rings. The Balaban J connectivity index is 2.22. The second-order valence-corrected chi connectivity index (χ2v) is 5.11. The third kappa shape index (κ3) is 5.83. The molecule has 18 heavy (non-hydrogen) atoms. The Kier molecular flexibility index (Phi) is 8.01. The minimum atomic E-state index is 0.121. The number of hydrogen-bond donors (Lipinski definition) is 2. The first kappa shape index (κ1) is 15.4. The zero-order valence-electron chi connectivity index (χ0n) is 11.6. The second-order valence-electron chi connectivity index (χ2n) is 5.11. The maximum Gasteiger partial charge on any atom is 0.220 e. The molecule has 0 heterocycles. The van der Waals surface area contributed by atoms with Gasteiger partial charge in [0.15, 0.2) is 0 Å². The zero-order chi connectivity index (χ0) is 13.2. The highest BCUT2D eigenvalue weighted by Crippen LogP contribution is 2.26. The first-order chi connectivity index (χ1) is 8.77. The third-order valence-corrected chi connectivity index (χ3v) is 3.72. The van der Waals surface area contributed by atoms with E-state index < -0.39 is 0 Å². The van der Waals surface area contributed by atoms with Gasteiger partial charge in [0.2, 0.25) is 5.91 Å². The van der Waals surface area contributed by atoms with Crippen molar-refractivity contribution >= 4 is 5.91 Å². The van der Waals surface area contributed by atoms with Crippen LogP contribution in [0, 0.1) is 5.92 Å². The number of nitrogens with two attached hydrogens (primary N) is 1. The molecule has 4 nitrogen and oxygen atoms in total. The summed E-state index contributed by atoms with van der Waals surface area (Å²) in [4.78, 5) is 11.8. The van der Waals surface area contributed by atoms with E-state index in [2.05, 4.69) is 5.32 Å². The zero-order valence-corrected chi connectivity index (χ0v) is 11.6. The van der Waals surface area contributed by atoms with Crippen LogP contribution in [0.2, 0.25) is 0 Å². The summed E-state index contributed by atoms with van der Waals surface area (Å²) in [5.41, 5.74) is 5.79. The van der Waals surface area contributed by atoms with Gasteiger partial charge in [-0.25, -0.2) is 0 Å². The van der Waals surface area contributed by atoms with Gasteiger partial charge in [-0.2, -0.15) is 0 Å². The predicted molar refractivity (Wildman–Crippen MR) is 73.3 cm³/mol. The van der Waals surface area contributed by atoms with Crippen LogP contribution in [-0.2, 0) is 9.53 Å². The van der Waals surface area contributed by atoms with E-state index in [9.17, 15) is 4.79 Å². The average Bonchev–Trinajstić information content (AvgIpc) is 2.42. The van der Waals surface area contributed by atoms with E-state index in [0.717, 1.165) is 13.0 Å². The number of rotatable bonds is 8. The Morgan fingerprint density at radius 2 is 2.11 bits per heavy atom. The smallest absolute Gasteiger partial charge is 0.220 e. The molecular formula is C14H28N2O2. The van der Waals surface area contributed by atoms with E-state index in [1.165, 1.54) is 32.1 Å². The van der Waals surface area contributed by atoms with Crippen molar-refractivity contribution in [1.82, 2.24) is 5.32 Å². The van der Waals surface area contributed by atoms with Gasteiger partial charge in [0.25, 0.3) is 0 Å². The summed E-state index contributed by atoms with van der Waals surface area (Å²) >= 11 is 0. The normalized spacial score (nSPS) is 18.6. The SMILES string of the molecule is CCOCCCC(=O)NC(CN)C1CCCCC1. The molecule has 1 unspecified atom stereocenters. The lowest BCUT2D eigenvalue weighted by molar-refractivity contribution is -0.122. The highest BCUT2D eigenvalue weighted by Gasteiger charge is 2.23. The Morgan fingerprint density at radius 1 is 1.39 bits per heavy atom. The van der Waals surface area contributed by atoms with Gasteiger partial charge < -0.3 is 15.8 Å². The van der Waals surface area contributed by atoms with Gasteiger partial charge in [0.05, 0.1) is 0 Å². The molecule has 1 rings (SSSR count). The van der Waals surface area contributed by atoms with Gasteiger partial charge in [0.1, 0.15) is 0 Å². The van der Waals surface area contributed by atoms with Crippen LogP contribution in [0.5, 0.6) is 0 Å². The molecule has 0 aromatic carbocycles. The van der Waals surface area contributed by atoms with Gasteiger partial charge >= 0.3 is 0 Å². The van der Waals surface area contributed by atoms with Crippen molar-refractivity contribution in [2.45, 2.75) is 57.9 Å². The summed E-state index contributed by atoms with van der Waals surface area (Å²) in [6.07, 6.45) is 7.64. The molecule has 3 N–H and O–H groups in total. The number of carbonyl (C=O) groups excluding carboxylic acids is 1. The van der Waals surface area contributed by atoms with Crippen LogP contribution in [-0.4, -0.2) is 31.7 Å². The summed E-state index contributed by atoms with van der Waals surface area (Å²) in [5.74, 6) is 0.704.